The lowest BCUT2D eigenvalue weighted by Gasteiger charge is -2.18. The number of halogens is 1. The third-order valence-corrected chi connectivity index (χ3v) is 4.23. The quantitative estimate of drug-likeness (QED) is 0.699. The Morgan fingerprint density at radius 2 is 1.68 bits per heavy atom. The molecule has 2 aromatic carbocycles. The molecule has 0 bridgehead atoms. The molecule has 28 heavy (non-hydrogen) atoms. The number of benzene rings is 2. The van der Waals surface area contributed by atoms with Crippen LogP contribution in [0.5, 0.6) is 11.5 Å². The van der Waals surface area contributed by atoms with Crippen molar-refractivity contribution in [2.24, 2.45) is 0 Å². The molecule has 0 aliphatic rings. The molecule has 1 atom stereocenters. The van der Waals surface area contributed by atoms with Crippen molar-refractivity contribution in [1.29, 1.82) is 0 Å². The topological polar surface area (TPSA) is 62.8 Å². The molecular weight excluding hydrogens is 378 g/mol. The van der Waals surface area contributed by atoms with Crippen molar-refractivity contribution < 1.29 is 14.3 Å². The molecule has 154 valence electrons. The highest BCUT2D eigenvalue weighted by Gasteiger charge is 2.15. The second-order valence-corrected chi connectivity index (χ2v) is 6.71. The molecule has 0 aliphatic carbocycles. The highest BCUT2D eigenvalue weighted by molar-refractivity contribution is 5.85. The molecule has 0 heterocycles. The number of nitrogens with zero attached hydrogens (tertiary/aromatic N) is 1. The van der Waals surface area contributed by atoms with Crippen LogP contribution in [-0.4, -0.2) is 39.2 Å². The van der Waals surface area contributed by atoms with Crippen molar-refractivity contribution in [3.63, 3.8) is 0 Å². The number of rotatable bonds is 8. The SMILES string of the molecule is COc1ccc(OC)c(C(C)NC(=O)NCc2ccc(CN(C)C)cc2)c1.Cl. The summed E-state index contributed by atoms with van der Waals surface area (Å²) in [5, 5.41) is 5.83. The van der Waals surface area contributed by atoms with Crippen LogP contribution in [0.25, 0.3) is 0 Å². The van der Waals surface area contributed by atoms with Gasteiger partial charge in [-0.25, -0.2) is 4.79 Å². The molecule has 2 N–H and O–H groups in total. The largest absolute Gasteiger partial charge is 0.497 e. The first-order chi connectivity index (χ1) is 12.9. The molecule has 0 saturated heterocycles. The van der Waals surface area contributed by atoms with E-state index in [0.29, 0.717) is 12.3 Å². The average Bonchev–Trinajstić information content (AvgIpc) is 2.66. The first-order valence-electron chi connectivity index (χ1n) is 8.91. The zero-order valence-corrected chi connectivity index (χ0v) is 17.9. The molecule has 0 radical (unpaired) electrons. The maximum Gasteiger partial charge on any atom is 0.315 e. The zero-order valence-electron chi connectivity index (χ0n) is 17.1. The van der Waals surface area contributed by atoms with Gasteiger partial charge in [-0.3, -0.25) is 0 Å². The van der Waals surface area contributed by atoms with E-state index in [0.717, 1.165) is 23.4 Å². The van der Waals surface area contributed by atoms with Gasteiger partial charge in [-0.15, -0.1) is 12.4 Å². The number of carbonyl (C=O) groups excluding carboxylic acids is 1. The van der Waals surface area contributed by atoms with Gasteiger partial charge in [0.25, 0.3) is 0 Å². The molecule has 0 saturated carbocycles. The van der Waals surface area contributed by atoms with Gasteiger partial charge in [-0.05, 0) is 50.3 Å². The number of hydrogen-bond acceptors (Lipinski definition) is 4. The first-order valence-corrected chi connectivity index (χ1v) is 8.91. The smallest absolute Gasteiger partial charge is 0.315 e. The maximum atomic E-state index is 12.3. The molecule has 1 unspecified atom stereocenters. The minimum absolute atomic E-state index is 0. The highest BCUT2D eigenvalue weighted by atomic mass is 35.5. The van der Waals surface area contributed by atoms with Crippen molar-refractivity contribution in [3.05, 3.63) is 59.2 Å². The Morgan fingerprint density at radius 3 is 2.25 bits per heavy atom. The van der Waals surface area contributed by atoms with Crippen molar-refractivity contribution in [2.75, 3.05) is 28.3 Å². The third kappa shape index (κ3) is 6.94. The Labute approximate surface area is 173 Å². The summed E-state index contributed by atoms with van der Waals surface area (Å²) in [6, 6.07) is 13.3. The van der Waals surface area contributed by atoms with Crippen LogP contribution in [0.4, 0.5) is 4.79 Å². The van der Waals surface area contributed by atoms with Gasteiger partial charge in [-0.2, -0.15) is 0 Å². The molecule has 0 spiro atoms. The van der Waals surface area contributed by atoms with Crippen LogP contribution in [0.3, 0.4) is 0 Å². The highest BCUT2D eigenvalue weighted by Crippen LogP contribution is 2.29. The van der Waals surface area contributed by atoms with Crippen LogP contribution >= 0.6 is 12.4 Å². The Hall–Kier alpha value is -2.44. The van der Waals surface area contributed by atoms with Crippen LogP contribution in [0.2, 0.25) is 0 Å². The number of carbonyl (C=O) groups is 1. The third-order valence-electron chi connectivity index (χ3n) is 4.23. The second-order valence-electron chi connectivity index (χ2n) is 6.71. The summed E-state index contributed by atoms with van der Waals surface area (Å²) < 4.78 is 10.6. The molecular formula is C21H30ClN3O3. The monoisotopic (exact) mass is 407 g/mol. The first kappa shape index (κ1) is 23.6. The van der Waals surface area contributed by atoms with Crippen molar-refractivity contribution in [1.82, 2.24) is 15.5 Å². The predicted molar refractivity (Wildman–Crippen MR) is 114 cm³/mol. The van der Waals surface area contributed by atoms with Gasteiger partial charge in [0.15, 0.2) is 0 Å². The standard InChI is InChI=1S/C21H29N3O3.ClH/c1-15(19-12-18(26-4)10-11-20(19)27-5)23-21(25)22-13-16-6-8-17(9-7-16)14-24(2)3;/h6-12,15H,13-14H2,1-5H3,(H2,22,23,25);1H. The zero-order chi connectivity index (χ0) is 19.8. The Bertz CT molecular complexity index is 751. The maximum absolute atomic E-state index is 12.3. The molecule has 7 heteroatoms. The number of amides is 2. The van der Waals surface area contributed by atoms with Crippen molar-refractivity contribution >= 4 is 18.4 Å². The van der Waals surface area contributed by atoms with E-state index in [1.807, 2.05) is 51.4 Å². The number of methoxy groups -OCH3 is 2. The molecule has 2 amide bonds. The van der Waals surface area contributed by atoms with Crippen LogP contribution in [0.1, 0.15) is 29.7 Å². The van der Waals surface area contributed by atoms with E-state index in [9.17, 15) is 4.79 Å². The van der Waals surface area contributed by atoms with Crippen LogP contribution < -0.4 is 20.1 Å². The summed E-state index contributed by atoms with van der Waals surface area (Å²) >= 11 is 0. The van der Waals surface area contributed by atoms with Gasteiger partial charge in [-0.1, -0.05) is 24.3 Å². The predicted octanol–water partition coefficient (Wildman–Crippen LogP) is 3.75. The molecule has 2 rings (SSSR count). The normalized spacial score (nSPS) is 11.4. The summed E-state index contributed by atoms with van der Waals surface area (Å²) in [6.07, 6.45) is 0. The Morgan fingerprint density at radius 1 is 1.04 bits per heavy atom. The average molecular weight is 408 g/mol. The van der Waals surface area contributed by atoms with Gasteiger partial charge in [0.05, 0.1) is 20.3 Å². The molecule has 0 fully saturated rings. The molecule has 2 aromatic rings. The minimum atomic E-state index is -0.232. The second kappa shape index (κ2) is 11.4. The lowest BCUT2D eigenvalue weighted by Crippen LogP contribution is -2.36. The van der Waals surface area contributed by atoms with Crippen molar-refractivity contribution in [2.45, 2.75) is 26.1 Å². The Balaban J connectivity index is 0.00000392. The fourth-order valence-electron chi connectivity index (χ4n) is 2.81. The summed E-state index contributed by atoms with van der Waals surface area (Å²) in [4.78, 5) is 14.4. The molecule has 6 nitrogen and oxygen atoms in total. The van der Waals surface area contributed by atoms with Gasteiger partial charge >= 0.3 is 6.03 Å². The number of ether oxygens (including phenoxy) is 2. The van der Waals surface area contributed by atoms with Gasteiger partial charge in [0.2, 0.25) is 0 Å². The van der Waals surface area contributed by atoms with E-state index in [-0.39, 0.29) is 24.5 Å². The van der Waals surface area contributed by atoms with Gasteiger partial charge in [0.1, 0.15) is 11.5 Å². The minimum Gasteiger partial charge on any atom is -0.497 e. The molecule has 0 aliphatic heterocycles. The summed E-state index contributed by atoms with van der Waals surface area (Å²) in [7, 11) is 7.30. The van der Waals surface area contributed by atoms with Crippen LogP contribution in [0, 0.1) is 0 Å². The summed E-state index contributed by atoms with van der Waals surface area (Å²) in [5.74, 6) is 1.43. The van der Waals surface area contributed by atoms with Gasteiger partial charge < -0.3 is 25.0 Å². The van der Waals surface area contributed by atoms with E-state index in [1.54, 1.807) is 14.2 Å². The number of nitrogens with one attached hydrogen (secondary N) is 2. The fourth-order valence-corrected chi connectivity index (χ4v) is 2.81. The van der Waals surface area contributed by atoms with Crippen LogP contribution in [-0.2, 0) is 13.1 Å². The summed E-state index contributed by atoms with van der Waals surface area (Å²) in [6.45, 7) is 3.27. The lowest BCUT2D eigenvalue weighted by atomic mass is 10.1. The lowest BCUT2D eigenvalue weighted by molar-refractivity contribution is 0.237. The molecule has 0 aromatic heterocycles. The van der Waals surface area contributed by atoms with E-state index < -0.39 is 0 Å². The Kier molecular flexibility index (Phi) is 9.62. The van der Waals surface area contributed by atoms with E-state index >= 15 is 0 Å². The van der Waals surface area contributed by atoms with E-state index in [1.165, 1.54) is 5.56 Å². The van der Waals surface area contributed by atoms with Crippen LogP contribution in [0.15, 0.2) is 42.5 Å². The number of urea groups is 1. The fraction of sp³-hybridized carbons (Fsp3) is 0.381. The van der Waals surface area contributed by atoms with E-state index in [2.05, 4.69) is 27.7 Å². The van der Waals surface area contributed by atoms with Crippen molar-refractivity contribution in [3.8, 4) is 11.5 Å². The van der Waals surface area contributed by atoms with Gasteiger partial charge in [0, 0.05) is 18.7 Å². The number of hydrogen-bond donors (Lipinski definition) is 2. The summed E-state index contributed by atoms with van der Waals surface area (Å²) in [5.41, 5.74) is 3.16. The van der Waals surface area contributed by atoms with E-state index in [4.69, 9.17) is 9.47 Å².